The van der Waals surface area contributed by atoms with Crippen LogP contribution in [0.4, 0.5) is 0 Å². The summed E-state index contributed by atoms with van der Waals surface area (Å²) in [6.07, 6.45) is 8.42. The van der Waals surface area contributed by atoms with Crippen LogP contribution in [-0.2, 0) is 6.54 Å². The summed E-state index contributed by atoms with van der Waals surface area (Å²) in [6.45, 7) is 6.11. The van der Waals surface area contributed by atoms with Crippen LogP contribution in [0.25, 0.3) is 5.65 Å². The van der Waals surface area contributed by atoms with Crippen molar-refractivity contribution in [3.63, 3.8) is 0 Å². The van der Waals surface area contributed by atoms with Gasteiger partial charge in [-0.05, 0) is 37.2 Å². The van der Waals surface area contributed by atoms with E-state index in [1.54, 1.807) is 0 Å². The minimum absolute atomic E-state index is 0.391. The lowest BCUT2D eigenvalue weighted by Gasteiger charge is -2.09. The summed E-state index contributed by atoms with van der Waals surface area (Å²) >= 11 is 0. The van der Waals surface area contributed by atoms with Crippen molar-refractivity contribution in [1.29, 1.82) is 0 Å². The molecule has 0 fully saturated rings. The lowest BCUT2D eigenvalue weighted by molar-refractivity contribution is 0.596. The summed E-state index contributed by atoms with van der Waals surface area (Å²) in [5.41, 5.74) is 3.39. The highest BCUT2D eigenvalue weighted by atomic mass is 15.0. The summed E-state index contributed by atoms with van der Waals surface area (Å²) in [5, 5.41) is 3.43. The van der Waals surface area contributed by atoms with Gasteiger partial charge in [-0.3, -0.25) is 0 Å². The third-order valence-corrected chi connectivity index (χ3v) is 3.54. The highest BCUT2D eigenvalue weighted by Crippen LogP contribution is 2.14. The molecule has 1 N–H and O–H groups in total. The number of hydrogen-bond donors (Lipinski definition) is 1. The zero-order valence-electron chi connectivity index (χ0n) is 12.0. The Morgan fingerprint density at radius 2 is 2.10 bits per heavy atom. The first kappa shape index (κ1) is 12.9. The second-order valence-corrected chi connectivity index (χ2v) is 5.09. The van der Waals surface area contributed by atoms with Crippen LogP contribution in [-0.4, -0.2) is 20.5 Å². The Labute approximate surface area is 119 Å². The monoisotopic (exact) mass is 268 g/mol. The molecular formula is C16H20N4. The molecule has 1 unspecified atom stereocenters. The van der Waals surface area contributed by atoms with E-state index in [0.717, 1.165) is 24.4 Å². The highest BCUT2D eigenvalue weighted by molar-refractivity contribution is 5.39. The molecule has 1 atom stereocenters. The first-order valence-corrected chi connectivity index (χ1v) is 7.08. The summed E-state index contributed by atoms with van der Waals surface area (Å²) in [5.74, 6) is 0. The van der Waals surface area contributed by atoms with Crippen molar-refractivity contribution in [1.82, 2.24) is 19.3 Å². The van der Waals surface area contributed by atoms with Gasteiger partial charge in [-0.2, -0.15) is 0 Å². The van der Waals surface area contributed by atoms with E-state index in [-0.39, 0.29) is 0 Å². The summed E-state index contributed by atoms with van der Waals surface area (Å²) in [6, 6.07) is 8.62. The number of hydrogen-bond acceptors (Lipinski definition) is 2. The number of imidazole rings is 1. The first-order chi connectivity index (χ1) is 9.76. The van der Waals surface area contributed by atoms with E-state index in [1.165, 1.54) is 5.56 Å². The molecule has 3 aromatic heterocycles. The molecule has 20 heavy (non-hydrogen) atoms. The van der Waals surface area contributed by atoms with Crippen molar-refractivity contribution in [2.24, 2.45) is 0 Å². The van der Waals surface area contributed by atoms with Gasteiger partial charge in [-0.1, -0.05) is 13.0 Å². The Balaban J connectivity index is 1.77. The van der Waals surface area contributed by atoms with Gasteiger partial charge in [0.05, 0.1) is 12.2 Å². The molecule has 0 amide bonds. The number of rotatable bonds is 5. The van der Waals surface area contributed by atoms with E-state index in [4.69, 9.17) is 0 Å². The molecule has 0 aliphatic carbocycles. The third kappa shape index (κ3) is 2.60. The van der Waals surface area contributed by atoms with E-state index in [9.17, 15) is 0 Å². The number of pyridine rings is 1. The van der Waals surface area contributed by atoms with Gasteiger partial charge in [-0.15, -0.1) is 0 Å². The van der Waals surface area contributed by atoms with E-state index < -0.39 is 0 Å². The lowest BCUT2D eigenvalue weighted by atomic mass is 10.2. The van der Waals surface area contributed by atoms with Crippen molar-refractivity contribution in [3.8, 4) is 0 Å². The molecule has 0 radical (unpaired) electrons. The van der Waals surface area contributed by atoms with E-state index >= 15 is 0 Å². The molecule has 3 aromatic rings. The Hall–Kier alpha value is -2.07. The standard InChI is InChI=1S/C16H20N4/c1-3-17-13(2)14-7-9-19(10-14)11-15-12-20-8-5-4-6-16(20)18-15/h4-10,12-13,17H,3,11H2,1-2H3. The predicted octanol–water partition coefficient (Wildman–Crippen LogP) is 2.85. The number of nitrogens with one attached hydrogen (secondary N) is 1. The molecule has 104 valence electrons. The van der Waals surface area contributed by atoms with Crippen LogP contribution in [0, 0.1) is 0 Å². The average Bonchev–Trinajstić information content (AvgIpc) is 3.05. The fraction of sp³-hybridized carbons (Fsp3) is 0.312. The molecule has 0 aliphatic heterocycles. The maximum absolute atomic E-state index is 4.62. The fourth-order valence-electron chi connectivity index (χ4n) is 2.49. The minimum atomic E-state index is 0.391. The molecule has 3 heterocycles. The predicted molar refractivity (Wildman–Crippen MR) is 80.8 cm³/mol. The van der Waals surface area contributed by atoms with Crippen LogP contribution in [0.5, 0.6) is 0 Å². The number of fused-ring (bicyclic) bond motifs is 1. The van der Waals surface area contributed by atoms with Crippen molar-refractivity contribution in [2.75, 3.05) is 6.54 Å². The van der Waals surface area contributed by atoms with Gasteiger partial charge in [0, 0.05) is 30.8 Å². The van der Waals surface area contributed by atoms with E-state index in [2.05, 4.69) is 57.8 Å². The van der Waals surface area contributed by atoms with E-state index in [1.807, 2.05) is 24.4 Å². The maximum atomic E-state index is 4.62. The molecule has 0 saturated heterocycles. The molecule has 0 aliphatic rings. The molecule has 4 nitrogen and oxygen atoms in total. The Kier molecular flexibility index (Phi) is 3.56. The third-order valence-electron chi connectivity index (χ3n) is 3.54. The van der Waals surface area contributed by atoms with Gasteiger partial charge in [0.1, 0.15) is 5.65 Å². The average molecular weight is 268 g/mol. The summed E-state index contributed by atoms with van der Waals surface area (Å²) in [4.78, 5) is 4.62. The second-order valence-electron chi connectivity index (χ2n) is 5.09. The molecule has 3 rings (SSSR count). The van der Waals surface area contributed by atoms with Gasteiger partial charge in [-0.25, -0.2) is 4.98 Å². The van der Waals surface area contributed by atoms with Gasteiger partial charge < -0.3 is 14.3 Å². The quantitative estimate of drug-likeness (QED) is 0.772. The molecular weight excluding hydrogens is 248 g/mol. The van der Waals surface area contributed by atoms with Crippen molar-refractivity contribution >= 4 is 5.65 Å². The SMILES string of the molecule is CCNC(C)c1ccn(Cc2cn3ccccc3n2)c1. The Morgan fingerprint density at radius 3 is 2.90 bits per heavy atom. The molecule has 0 aromatic carbocycles. The van der Waals surface area contributed by atoms with E-state index in [0.29, 0.717) is 6.04 Å². The van der Waals surface area contributed by atoms with Crippen LogP contribution >= 0.6 is 0 Å². The number of nitrogens with zero attached hydrogens (tertiary/aromatic N) is 3. The smallest absolute Gasteiger partial charge is 0.137 e. The zero-order chi connectivity index (χ0) is 13.9. The highest BCUT2D eigenvalue weighted by Gasteiger charge is 2.07. The second kappa shape index (κ2) is 5.51. The van der Waals surface area contributed by atoms with Gasteiger partial charge in [0.15, 0.2) is 0 Å². The number of aromatic nitrogens is 3. The Morgan fingerprint density at radius 1 is 1.20 bits per heavy atom. The van der Waals surface area contributed by atoms with Gasteiger partial charge >= 0.3 is 0 Å². The summed E-state index contributed by atoms with van der Waals surface area (Å²) in [7, 11) is 0. The topological polar surface area (TPSA) is 34.3 Å². The Bertz CT molecular complexity index is 662. The van der Waals surface area contributed by atoms with Crippen LogP contribution < -0.4 is 5.32 Å². The zero-order valence-corrected chi connectivity index (χ0v) is 12.0. The van der Waals surface area contributed by atoms with Gasteiger partial charge in [0.25, 0.3) is 0 Å². The molecule has 0 bridgehead atoms. The van der Waals surface area contributed by atoms with Crippen molar-refractivity contribution < 1.29 is 0 Å². The summed E-state index contributed by atoms with van der Waals surface area (Å²) < 4.78 is 4.24. The minimum Gasteiger partial charge on any atom is -0.348 e. The fourth-order valence-corrected chi connectivity index (χ4v) is 2.49. The largest absolute Gasteiger partial charge is 0.348 e. The molecule has 0 spiro atoms. The first-order valence-electron chi connectivity index (χ1n) is 7.08. The van der Waals surface area contributed by atoms with Gasteiger partial charge in [0.2, 0.25) is 0 Å². The van der Waals surface area contributed by atoms with Crippen LogP contribution in [0.15, 0.2) is 49.1 Å². The van der Waals surface area contributed by atoms with Crippen LogP contribution in [0.2, 0.25) is 0 Å². The maximum Gasteiger partial charge on any atom is 0.137 e. The van der Waals surface area contributed by atoms with Crippen LogP contribution in [0.1, 0.15) is 31.1 Å². The molecule has 0 saturated carbocycles. The molecule has 4 heteroatoms. The van der Waals surface area contributed by atoms with Crippen molar-refractivity contribution in [2.45, 2.75) is 26.4 Å². The van der Waals surface area contributed by atoms with Crippen LogP contribution in [0.3, 0.4) is 0 Å². The van der Waals surface area contributed by atoms with Crippen molar-refractivity contribution in [3.05, 3.63) is 60.3 Å². The normalized spacial score (nSPS) is 12.9. The lowest BCUT2D eigenvalue weighted by Crippen LogP contribution is -2.17.